The van der Waals surface area contributed by atoms with E-state index in [0.29, 0.717) is 32.0 Å². The fraction of sp³-hybridized carbons (Fsp3) is 0.462. The molecule has 1 unspecified atom stereocenters. The molecule has 0 aliphatic carbocycles. The number of nitrogens with zero attached hydrogens (tertiary/aromatic N) is 3. The first-order valence-corrected chi connectivity index (χ1v) is 11.6. The Hall–Kier alpha value is -2.13. The molecule has 2 aromatic carbocycles. The van der Waals surface area contributed by atoms with Gasteiger partial charge in [0.2, 0.25) is 5.91 Å². The molecule has 0 bridgehead atoms. The van der Waals surface area contributed by atoms with Gasteiger partial charge >= 0.3 is 0 Å². The second-order valence-corrected chi connectivity index (χ2v) is 8.69. The normalized spacial score (nSPS) is 18.5. The summed E-state index contributed by atoms with van der Waals surface area (Å²) >= 11 is 0. The molecule has 2 aliphatic rings. The van der Waals surface area contributed by atoms with E-state index in [-0.39, 0.29) is 29.9 Å². The molecule has 0 spiro atoms. The number of benzene rings is 2. The number of hydrogen-bond donors (Lipinski definition) is 1. The quantitative estimate of drug-likeness (QED) is 0.300. The molecule has 178 valence electrons. The Morgan fingerprint density at radius 3 is 2.58 bits per heavy atom. The van der Waals surface area contributed by atoms with Gasteiger partial charge in [-0.1, -0.05) is 54.6 Å². The summed E-state index contributed by atoms with van der Waals surface area (Å²) in [5.74, 6) is 1.72. The molecule has 2 aromatic rings. The lowest BCUT2D eigenvalue weighted by Gasteiger charge is -2.23. The summed E-state index contributed by atoms with van der Waals surface area (Å²) < 4.78 is 5.96. The summed E-state index contributed by atoms with van der Waals surface area (Å²) in [5.41, 5.74) is 3.64. The fourth-order valence-electron chi connectivity index (χ4n) is 4.55. The topological polar surface area (TPSA) is 57.2 Å². The van der Waals surface area contributed by atoms with Crippen LogP contribution in [-0.4, -0.2) is 55.0 Å². The van der Waals surface area contributed by atoms with E-state index in [4.69, 9.17) is 4.74 Å². The fourth-order valence-corrected chi connectivity index (χ4v) is 4.55. The monoisotopic (exact) mass is 562 g/mol. The van der Waals surface area contributed by atoms with E-state index >= 15 is 0 Å². The first-order chi connectivity index (χ1) is 15.7. The minimum absolute atomic E-state index is 0. The maximum atomic E-state index is 12.0. The maximum Gasteiger partial charge on any atom is 0.222 e. The highest BCUT2D eigenvalue weighted by molar-refractivity contribution is 14.0. The molecule has 33 heavy (non-hydrogen) atoms. The van der Waals surface area contributed by atoms with Crippen LogP contribution >= 0.6 is 24.0 Å². The van der Waals surface area contributed by atoms with Crippen LogP contribution in [0.3, 0.4) is 0 Å². The molecule has 0 aromatic heterocycles. The van der Waals surface area contributed by atoms with Crippen LogP contribution in [0.2, 0.25) is 0 Å². The van der Waals surface area contributed by atoms with Gasteiger partial charge in [0.1, 0.15) is 0 Å². The third-order valence-electron chi connectivity index (χ3n) is 6.35. The highest BCUT2D eigenvalue weighted by atomic mass is 127. The number of likely N-dealkylation sites (tertiary alicyclic amines) is 2. The van der Waals surface area contributed by atoms with Gasteiger partial charge in [0.15, 0.2) is 5.96 Å². The molecule has 4 rings (SSSR count). The smallest absolute Gasteiger partial charge is 0.222 e. The highest BCUT2D eigenvalue weighted by Crippen LogP contribution is 2.19. The van der Waals surface area contributed by atoms with E-state index in [1.165, 1.54) is 16.7 Å². The van der Waals surface area contributed by atoms with Crippen LogP contribution in [0, 0.1) is 5.92 Å². The van der Waals surface area contributed by atoms with Crippen LogP contribution in [0.25, 0.3) is 0 Å². The van der Waals surface area contributed by atoms with Crippen molar-refractivity contribution in [1.82, 2.24) is 15.1 Å². The average molecular weight is 562 g/mol. The number of carbonyl (C=O) groups is 1. The van der Waals surface area contributed by atoms with E-state index in [9.17, 15) is 4.79 Å². The maximum absolute atomic E-state index is 12.0. The number of aliphatic imine (C=N–C) groups is 1. The minimum atomic E-state index is 0. The Labute approximate surface area is 214 Å². The second kappa shape index (κ2) is 12.9. The highest BCUT2D eigenvalue weighted by Gasteiger charge is 2.25. The molecule has 2 heterocycles. The van der Waals surface area contributed by atoms with Crippen LogP contribution in [0.1, 0.15) is 36.0 Å². The van der Waals surface area contributed by atoms with Crippen LogP contribution in [0.5, 0.6) is 0 Å². The van der Waals surface area contributed by atoms with Crippen molar-refractivity contribution in [2.24, 2.45) is 10.9 Å². The Morgan fingerprint density at radius 2 is 1.85 bits per heavy atom. The second-order valence-electron chi connectivity index (χ2n) is 8.69. The van der Waals surface area contributed by atoms with Crippen molar-refractivity contribution >= 4 is 35.8 Å². The summed E-state index contributed by atoms with van der Waals surface area (Å²) in [6, 6.07) is 18.7. The average Bonchev–Trinajstić information content (AvgIpc) is 3.45. The molecule has 2 aliphatic heterocycles. The predicted molar refractivity (Wildman–Crippen MR) is 142 cm³/mol. The third-order valence-corrected chi connectivity index (χ3v) is 6.35. The van der Waals surface area contributed by atoms with Gasteiger partial charge in [0.05, 0.1) is 13.2 Å². The summed E-state index contributed by atoms with van der Waals surface area (Å²) in [6.45, 7) is 5.65. The Kier molecular flexibility index (Phi) is 9.99. The first-order valence-electron chi connectivity index (χ1n) is 11.6. The lowest BCUT2D eigenvalue weighted by molar-refractivity contribution is -0.128. The molecule has 0 radical (unpaired) electrons. The first kappa shape index (κ1) is 25.5. The van der Waals surface area contributed by atoms with Crippen molar-refractivity contribution in [2.45, 2.75) is 39.0 Å². The van der Waals surface area contributed by atoms with Gasteiger partial charge in [-0.05, 0) is 29.5 Å². The van der Waals surface area contributed by atoms with E-state index in [1.54, 1.807) is 0 Å². The third kappa shape index (κ3) is 7.17. The number of ether oxygens (including phenoxy) is 1. The number of rotatable bonds is 8. The van der Waals surface area contributed by atoms with Gasteiger partial charge in [-0.2, -0.15) is 0 Å². The van der Waals surface area contributed by atoms with Gasteiger partial charge in [-0.3, -0.25) is 9.79 Å². The van der Waals surface area contributed by atoms with E-state index in [2.05, 4.69) is 51.6 Å². The molecule has 7 heteroatoms. The zero-order valence-electron chi connectivity index (χ0n) is 19.4. The number of carbonyl (C=O) groups excluding carboxylic acids is 1. The number of hydrogen-bond acceptors (Lipinski definition) is 3. The van der Waals surface area contributed by atoms with Crippen molar-refractivity contribution in [3.63, 3.8) is 0 Å². The van der Waals surface area contributed by atoms with Gasteiger partial charge in [-0.15, -0.1) is 24.0 Å². The lowest BCUT2D eigenvalue weighted by atomic mass is 10.1. The van der Waals surface area contributed by atoms with Gasteiger partial charge in [0, 0.05) is 52.1 Å². The predicted octanol–water partition coefficient (Wildman–Crippen LogP) is 4.04. The van der Waals surface area contributed by atoms with E-state index < -0.39 is 0 Å². The number of amides is 1. The Morgan fingerprint density at radius 1 is 1.09 bits per heavy atom. The van der Waals surface area contributed by atoms with Crippen molar-refractivity contribution in [2.75, 3.05) is 33.3 Å². The van der Waals surface area contributed by atoms with E-state index in [1.807, 2.05) is 30.1 Å². The molecule has 2 fully saturated rings. The largest absolute Gasteiger partial charge is 0.376 e. The van der Waals surface area contributed by atoms with Crippen LogP contribution in [-0.2, 0) is 29.2 Å². The van der Waals surface area contributed by atoms with Crippen LogP contribution in [0.4, 0.5) is 0 Å². The van der Waals surface area contributed by atoms with Crippen LogP contribution < -0.4 is 5.32 Å². The Bertz CT molecular complexity index is 922. The molecule has 0 saturated carbocycles. The zero-order chi connectivity index (χ0) is 22.2. The molecule has 1 atom stereocenters. The zero-order valence-corrected chi connectivity index (χ0v) is 21.7. The molecular weight excluding hydrogens is 527 g/mol. The van der Waals surface area contributed by atoms with Crippen LogP contribution in [0.15, 0.2) is 59.6 Å². The summed E-state index contributed by atoms with van der Waals surface area (Å²) in [5, 5.41) is 3.54. The number of nitrogens with one attached hydrogen (secondary N) is 1. The lowest BCUT2D eigenvalue weighted by Crippen LogP contribution is -2.40. The molecule has 6 nitrogen and oxygen atoms in total. The summed E-state index contributed by atoms with van der Waals surface area (Å²) in [4.78, 5) is 20.8. The summed E-state index contributed by atoms with van der Waals surface area (Å²) in [6.07, 6.45) is 2.76. The molecular formula is C26H35IN4O2. The standard InChI is InChI=1S/C26H34N4O2.HI/c1-27-26(30-15-13-22(17-30)20-32-19-21-8-3-2-4-9-21)28-16-23-10-5-6-11-24(23)18-29-14-7-12-25(29)31;/h2-6,8-11,22H,7,12-20H2,1H3,(H,27,28);1H. The minimum Gasteiger partial charge on any atom is -0.376 e. The molecule has 1 N–H and O–H groups in total. The van der Waals surface area contributed by atoms with E-state index in [0.717, 1.165) is 45.0 Å². The van der Waals surface area contributed by atoms with Gasteiger partial charge < -0.3 is 19.9 Å². The SMILES string of the molecule is CN=C(NCc1ccccc1CN1CCCC1=O)N1CCC(COCc2ccccc2)C1.I. The van der Waals surface area contributed by atoms with Crippen molar-refractivity contribution in [1.29, 1.82) is 0 Å². The van der Waals surface area contributed by atoms with Gasteiger partial charge in [-0.25, -0.2) is 0 Å². The number of guanidine groups is 1. The number of halogens is 1. The van der Waals surface area contributed by atoms with Crippen molar-refractivity contribution < 1.29 is 9.53 Å². The molecule has 1 amide bonds. The molecule has 2 saturated heterocycles. The Balaban J connectivity index is 0.00000306. The van der Waals surface area contributed by atoms with Crippen molar-refractivity contribution in [3.8, 4) is 0 Å². The summed E-state index contributed by atoms with van der Waals surface area (Å²) in [7, 11) is 1.84. The van der Waals surface area contributed by atoms with Crippen molar-refractivity contribution in [3.05, 3.63) is 71.3 Å². The van der Waals surface area contributed by atoms with Gasteiger partial charge in [0.25, 0.3) is 0 Å².